The van der Waals surface area contributed by atoms with Gasteiger partial charge in [0.05, 0.1) is 19.6 Å². The van der Waals surface area contributed by atoms with Gasteiger partial charge in [-0.2, -0.15) is 0 Å². The van der Waals surface area contributed by atoms with E-state index < -0.39 is 29.9 Å². The number of aliphatic carboxylic acids is 4. The summed E-state index contributed by atoms with van der Waals surface area (Å²) in [7, 11) is 0. The molecule has 41 heavy (non-hydrogen) atoms. The third-order valence-electron chi connectivity index (χ3n) is 6.85. The molecule has 1 aliphatic rings. The van der Waals surface area contributed by atoms with E-state index in [4.69, 9.17) is 0 Å². The zero-order valence-electron chi connectivity index (χ0n) is 23.8. The van der Waals surface area contributed by atoms with E-state index in [0.29, 0.717) is 19.4 Å². The van der Waals surface area contributed by atoms with Crippen LogP contribution in [0.2, 0.25) is 0 Å². The van der Waals surface area contributed by atoms with Gasteiger partial charge in [0.15, 0.2) is 0 Å². The van der Waals surface area contributed by atoms with Crippen molar-refractivity contribution in [2.75, 3.05) is 78.5 Å². The Morgan fingerprint density at radius 2 is 1.07 bits per heavy atom. The number of nitrogens with one attached hydrogen (secondary N) is 1. The Balaban J connectivity index is 2.92. The maximum absolute atomic E-state index is 12.4. The Hall–Kier alpha value is -3.14. The van der Waals surface area contributed by atoms with E-state index in [2.05, 4.69) is 5.32 Å². The molecule has 1 unspecified atom stereocenters. The number of hydrogen-bond donors (Lipinski definition) is 5. The van der Waals surface area contributed by atoms with Gasteiger partial charge in [-0.1, -0.05) is 6.42 Å². The standard InChI is InChI=1S/C26H45N5O10/c1-20(32)5-3-2-4-8-27-22(33)7-6-21(26(40)41)31-15-13-29(18-24(36)37)11-9-28(17-23(34)35)10-12-30(14-16-31)19-25(38)39/h21H,2-19H2,1H3,(H,27,33)(H,34,35)(H,36,37)(H,38,39)(H,40,41). The first-order chi connectivity index (χ1) is 19.4. The quantitative estimate of drug-likeness (QED) is 0.129. The maximum atomic E-state index is 12.4. The van der Waals surface area contributed by atoms with Crippen LogP contribution in [-0.2, 0) is 28.8 Å². The van der Waals surface area contributed by atoms with Crippen molar-refractivity contribution >= 4 is 35.6 Å². The van der Waals surface area contributed by atoms with Gasteiger partial charge in [-0.15, -0.1) is 0 Å². The molecule has 234 valence electrons. The molecule has 15 nitrogen and oxygen atoms in total. The molecule has 0 aliphatic carbocycles. The molecule has 0 radical (unpaired) electrons. The van der Waals surface area contributed by atoms with E-state index in [0.717, 1.165) is 12.8 Å². The Labute approximate surface area is 240 Å². The fourth-order valence-corrected chi connectivity index (χ4v) is 4.63. The highest BCUT2D eigenvalue weighted by molar-refractivity contribution is 5.78. The van der Waals surface area contributed by atoms with Gasteiger partial charge in [0.1, 0.15) is 11.8 Å². The molecule has 1 rings (SSSR count). The van der Waals surface area contributed by atoms with Gasteiger partial charge in [-0.3, -0.25) is 43.6 Å². The van der Waals surface area contributed by atoms with Crippen LogP contribution in [0.15, 0.2) is 0 Å². The van der Waals surface area contributed by atoms with Crippen LogP contribution in [0, 0.1) is 0 Å². The lowest BCUT2D eigenvalue weighted by Crippen LogP contribution is -2.52. The molecular weight excluding hydrogens is 542 g/mol. The second kappa shape index (κ2) is 19.9. The summed E-state index contributed by atoms with van der Waals surface area (Å²) < 4.78 is 0. The number of carbonyl (C=O) groups excluding carboxylic acids is 2. The fourth-order valence-electron chi connectivity index (χ4n) is 4.63. The predicted octanol–water partition coefficient (Wildman–Crippen LogP) is -1.04. The molecule has 5 N–H and O–H groups in total. The van der Waals surface area contributed by atoms with Gasteiger partial charge in [-0.25, -0.2) is 0 Å². The first-order valence-electron chi connectivity index (χ1n) is 13.9. The number of carboxylic acid groups (broad SMARTS) is 4. The fraction of sp³-hybridized carbons (Fsp3) is 0.769. The van der Waals surface area contributed by atoms with E-state index in [-0.39, 0.29) is 96.5 Å². The molecule has 0 spiro atoms. The Kier molecular flexibility index (Phi) is 17.4. The number of Topliss-reactive ketones (excluding diaryl/α,β-unsaturated/α-hetero) is 1. The molecule has 0 bridgehead atoms. The van der Waals surface area contributed by atoms with Crippen LogP contribution in [0.3, 0.4) is 0 Å². The van der Waals surface area contributed by atoms with Crippen LogP contribution in [0.25, 0.3) is 0 Å². The second-order valence-electron chi connectivity index (χ2n) is 10.3. The molecule has 1 fully saturated rings. The summed E-state index contributed by atoms with van der Waals surface area (Å²) in [4.78, 5) is 76.3. The van der Waals surface area contributed by atoms with Crippen LogP contribution in [0.5, 0.6) is 0 Å². The number of amides is 1. The Morgan fingerprint density at radius 1 is 0.634 bits per heavy atom. The van der Waals surface area contributed by atoms with Crippen molar-refractivity contribution in [3.63, 3.8) is 0 Å². The summed E-state index contributed by atoms with van der Waals surface area (Å²) in [6.07, 6.45) is 2.71. The molecule has 1 atom stereocenters. The van der Waals surface area contributed by atoms with Crippen LogP contribution >= 0.6 is 0 Å². The molecular formula is C26H45N5O10. The average Bonchev–Trinajstić information content (AvgIpc) is 2.86. The lowest BCUT2D eigenvalue weighted by molar-refractivity contribution is -0.145. The summed E-state index contributed by atoms with van der Waals surface area (Å²) >= 11 is 0. The summed E-state index contributed by atoms with van der Waals surface area (Å²) in [5.41, 5.74) is 0. The minimum absolute atomic E-state index is 0.00968. The van der Waals surface area contributed by atoms with Crippen molar-refractivity contribution in [2.24, 2.45) is 0 Å². The molecule has 1 aliphatic heterocycles. The Bertz CT molecular complexity index is 855. The van der Waals surface area contributed by atoms with Crippen molar-refractivity contribution in [3.05, 3.63) is 0 Å². The van der Waals surface area contributed by atoms with Crippen molar-refractivity contribution in [3.8, 4) is 0 Å². The third kappa shape index (κ3) is 17.3. The summed E-state index contributed by atoms with van der Waals surface area (Å²) in [6, 6.07) is -1.05. The second-order valence-corrected chi connectivity index (χ2v) is 10.3. The van der Waals surface area contributed by atoms with Crippen molar-refractivity contribution in [2.45, 2.75) is 51.5 Å². The lowest BCUT2D eigenvalue weighted by Gasteiger charge is -2.35. The summed E-state index contributed by atoms with van der Waals surface area (Å²) in [5, 5.41) is 40.7. The van der Waals surface area contributed by atoms with Crippen LogP contribution in [0.1, 0.15) is 45.4 Å². The predicted molar refractivity (Wildman–Crippen MR) is 147 cm³/mol. The lowest BCUT2D eigenvalue weighted by atomic mass is 10.1. The summed E-state index contributed by atoms with van der Waals surface area (Å²) in [5.74, 6) is -4.53. The minimum atomic E-state index is -1.14. The number of nitrogens with zero attached hydrogens (tertiary/aromatic N) is 4. The Morgan fingerprint density at radius 3 is 1.46 bits per heavy atom. The van der Waals surface area contributed by atoms with E-state index in [1.807, 2.05) is 0 Å². The van der Waals surface area contributed by atoms with Gasteiger partial charge in [0.25, 0.3) is 0 Å². The van der Waals surface area contributed by atoms with Crippen molar-refractivity contribution in [1.82, 2.24) is 24.9 Å². The van der Waals surface area contributed by atoms with Crippen molar-refractivity contribution in [1.29, 1.82) is 0 Å². The summed E-state index contributed by atoms with van der Waals surface area (Å²) in [6.45, 7) is 2.63. The zero-order chi connectivity index (χ0) is 30.8. The molecule has 0 aromatic heterocycles. The minimum Gasteiger partial charge on any atom is -0.480 e. The van der Waals surface area contributed by atoms with E-state index in [9.17, 15) is 49.2 Å². The molecule has 1 amide bonds. The van der Waals surface area contributed by atoms with E-state index in [1.165, 1.54) is 6.92 Å². The first kappa shape index (κ1) is 35.9. The van der Waals surface area contributed by atoms with Crippen molar-refractivity contribution < 1.29 is 49.2 Å². The molecule has 0 aromatic rings. The topological polar surface area (TPSA) is 208 Å². The van der Waals surface area contributed by atoms with E-state index >= 15 is 0 Å². The van der Waals surface area contributed by atoms with Gasteiger partial charge in [0.2, 0.25) is 5.91 Å². The normalized spacial score (nSPS) is 17.6. The maximum Gasteiger partial charge on any atom is 0.320 e. The SMILES string of the molecule is CC(=O)CCCCCNC(=O)CCC(C(=O)O)N1CCN(CC(=O)O)CCN(CC(=O)O)CCN(CC(=O)O)CC1. The highest BCUT2D eigenvalue weighted by Crippen LogP contribution is 2.11. The largest absolute Gasteiger partial charge is 0.480 e. The molecule has 0 aromatic carbocycles. The molecule has 0 saturated carbocycles. The number of carboxylic acids is 4. The van der Waals surface area contributed by atoms with Crippen LogP contribution in [-0.4, -0.2) is 160 Å². The zero-order valence-corrected chi connectivity index (χ0v) is 23.8. The molecule has 1 saturated heterocycles. The number of carbonyl (C=O) groups is 6. The first-order valence-corrected chi connectivity index (χ1v) is 13.9. The van der Waals surface area contributed by atoms with Gasteiger partial charge in [0, 0.05) is 71.7 Å². The monoisotopic (exact) mass is 587 g/mol. The highest BCUT2D eigenvalue weighted by atomic mass is 16.4. The van der Waals surface area contributed by atoms with Crippen LogP contribution < -0.4 is 5.32 Å². The number of rotatable bonds is 17. The van der Waals surface area contributed by atoms with Gasteiger partial charge < -0.3 is 30.5 Å². The number of hydrogen-bond acceptors (Lipinski definition) is 10. The third-order valence-corrected chi connectivity index (χ3v) is 6.85. The average molecular weight is 588 g/mol. The highest BCUT2D eigenvalue weighted by Gasteiger charge is 2.28. The van der Waals surface area contributed by atoms with Gasteiger partial charge in [-0.05, 0) is 26.2 Å². The van der Waals surface area contributed by atoms with E-state index in [1.54, 1.807) is 19.6 Å². The van der Waals surface area contributed by atoms with Gasteiger partial charge >= 0.3 is 23.9 Å². The number of unbranched alkanes of at least 4 members (excludes halogenated alkanes) is 2. The molecule has 1 heterocycles. The molecule has 15 heteroatoms. The smallest absolute Gasteiger partial charge is 0.320 e. The number of ketones is 1. The van der Waals surface area contributed by atoms with Crippen LogP contribution in [0.4, 0.5) is 0 Å².